The molecule has 0 amide bonds. The van der Waals surface area contributed by atoms with E-state index in [-0.39, 0.29) is 5.56 Å². The molecule has 0 atom stereocenters. The fourth-order valence-electron chi connectivity index (χ4n) is 2.08. The number of carboxylic acid groups (broad SMARTS) is 1. The molecule has 2 aromatic heterocycles. The van der Waals surface area contributed by atoms with Gasteiger partial charge in [0.2, 0.25) is 5.71 Å². The second-order valence-corrected chi connectivity index (χ2v) is 4.07. The van der Waals surface area contributed by atoms with E-state index in [1.54, 1.807) is 10.5 Å². The van der Waals surface area contributed by atoms with Crippen LogP contribution in [0.4, 0.5) is 0 Å². The smallest absolute Gasteiger partial charge is 0.346 e. The van der Waals surface area contributed by atoms with Crippen molar-refractivity contribution in [1.82, 2.24) is 4.40 Å². The molecule has 0 unspecified atom stereocenters. The summed E-state index contributed by atoms with van der Waals surface area (Å²) in [5.41, 5.74) is 1.51. The SMILES string of the molecule is Cc1ccc2oc(=O)c3ccc(C(=O)O)cc3n12. The largest absolute Gasteiger partial charge is 0.478 e. The zero-order valence-corrected chi connectivity index (χ0v) is 9.51. The van der Waals surface area contributed by atoms with Crippen molar-refractivity contribution in [3.05, 3.63) is 52.0 Å². The molecule has 2 heterocycles. The number of hydrogen-bond acceptors (Lipinski definition) is 3. The number of rotatable bonds is 1. The Hall–Kier alpha value is -2.56. The number of carboxylic acids is 1. The molecule has 0 aliphatic carbocycles. The van der Waals surface area contributed by atoms with Gasteiger partial charge >= 0.3 is 11.6 Å². The number of aromatic carboxylic acids is 1. The van der Waals surface area contributed by atoms with Gasteiger partial charge in [-0.3, -0.25) is 4.40 Å². The highest BCUT2D eigenvalue weighted by Crippen LogP contribution is 2.18. The van der Waals surface area contributed by atoms with E-state index in [0.717, 1.165) is 5.69 Å². The van der Waals surface area contributed by atoms with Crippen LogP contribution in [0.2, 0.25) is 0 Å². The van der Waals surface area contributed by atoms with Gasteiger partial charge in [-0.2, -0.15) is 0 Å². The monoisotopic (exact) mass is 243 g/mol. The van der Waals surface area contributed by atoms with E-state index in [0.29, 0.717) is 16.6 Å². The Morgan fingerprint density at radius 1 is 1.28 bits per heavy atom. The number of benzene rings is 1. The summed E-state index contributed by atoms with van der Waals surface area (Å²) in [7, 11) is 0. The Balaban J connectivity index is 2.58. The van der Waals surface area contributed by atoms with E-state index >= 15 is 0 Å². The van der Waals surface area contributed by atoms with Gasteiger partial charge < -0.3 is 9.52 Å². The highest BCUT2D eigenvalue weighted by atomic mass is 16.4. The third kappa shape index (κ3) is 1.34. The first-order valence-electron chi connectivity index (χ1n) is 5.36. The predicted octanol–water partition coefficient (Wildman–Crippen LogP) is 2.05. The van der Waals surface area contributed by atoms with Crippen LogP contribution in [0.1, 0.15) is 16.1 Å². The Kier molecular flexibility index (Phi) is 2.04. The highest BCUT2D eigenvalue weighted by molar-refractivity contribution is 5.93. The third-order valence-corrected chi connectivity index (χ3v) is 2.94. The average Bonchev–Trinajstić information content (AvgIpc) is 2.70. The lowest BCUT2D eigenvalue weighted by Gasteiger charge is -2.04. The van der Waals surface area contributed by atoms with E-state index in [2.05, 4.69) is 0 Å². The number of nitrogens with zero attached hydrogens (tertiary/aromatic N) is 1. The van der Waals surface area contributed by atoms with Crippen molar-refractivity contribution in [2.75, 3.05) is 0 Å². The number of carbonyl (C=O) groups is 1. The summed E-state index contributed by atoms with van der Waals surface area (Å²) in [6.07, 6.45) is 0. The molecule has 0 radical (unpaired) electrons. The van der Waals surface area contributed by atoms with Crippen LogP contribution in [0, 0.1) is 6.92 Å². The molecule has 0 saturated heterocycles. The Morgan fingerprint density at radius 3 is 2.78 bits per heavy atom. The first-order chi connectivity index (χ1) is 8.58. The maximum absolute atomic E-state index is 11.8. The standard InChI is InChI=1S/C13H9NO4/c1-7-2-5-11-14(7)10-6-8(12(15)16)3-4-9(10)13(17)18-11/h2-6H,1H3,(H,15,16). The van der Waals surface area contributed by atoms with Crippen molar-refractivity contribution < 1.29 is 14.3 Å². The number of fused-ring (bicyclic) bond motifs is 3. The molecule has 0 aliphatic heterocycles. The minimum atomic E-state index is -1.02. The molecular formula is C13H9NO4. The lowest BCUT2D eigenvalue weighted by molar-refractivity contribution is 0.0697. The van der Waals surface area contributed by atoms with Crippen molar-refractivity contribution in [2.24, 2.45) is 0 Å². The van der Waals surface area contributed by atoms with Gasteiger partial charge in [-0.1, -0.05) is 0 Å². The summed E-state index contributed by atoms with van der Waals surface area (Å²) in [5, 5.41) is 9.36. The second kappa shape index (κ2) is 3.46. The molecule has 0 bridgehead atoms. The van der Waals surface area contributed by atoms with Crippen LogP contribution in [-0.2, 0) is 0 Å². The fraction of sp³-hybridized carbons (Fsp3) is 0.0769. The molecule has 90 valence electrons. The maximum Gasteiger partial charge on any atom is 0.346 e. The highest BCUT2D eigenvalue weighted by Gasteiger charge is 2.11. The molecule has 3 aromatic rings. The Bertz CT molecular complexity index is 841. The molecule has 1 N–H and O–H groups in total. The fourth-order valence-corrected chi connectivity index (χ4v) is 2.08. The van der Waals surface area contributed by atoms with E-state index in [1.165, 1.54) is 18.2 Å². The van der Waals surface area contributed by atoms with Gasteiger partial charge in [0.25, 0.3) is 0 Å². The van der Waals surface area contributed by atoms with Gasteiger partial charge in [0.15, 0.2) is 0 Å². The van der Waals surface area contributed by atoms with Crippen LogP contribution in [0.3, 0.4) is 0 Å². The molecule has 1 aromatic carbocycles. The van der Waals surface area contributed by atoms with Gasteiger partial charge in [0.1, 0.15) is 0 Å². The van der Waals surface area contributed by atoms with Crippen molar-refractivity contribution in [2.45, 2.75) is 6.92 Å². The summed E-state index contributed by atoms with van der Waals surface area (Å²) in [5.74, 6) is -1.02. The number of hydrogen-bond donors (Lipinski definition) is 1. The number of aryl methyl sites for hydroxylation is 1. The summed E-state index contributed by atoms with van der Waals surface area (Å²) in [4.78, 5) is 22.7. The van der Waals surface area contributed by atoms with Gasteiger partial charge in [-0.25, -0.2) is 9.59 Å². The van der Waals surface area contributed by atoms with Crippen molar-refractivity contribution >= 4 is 22.6 Å². The Morgan fingerprint density at radius 2 is 2.06 bits per heavy atom. The van der Waals surface area contributed by atoms with Crippen LogP contribution >= 0.6 is 0 Å². The second-order valence-electron chi connectivity index (χ2n) is 4.07. The normalized spacial score (nSPS) is 11.2. The van der Waals surface area contributed by atoms with Gasteiger partial charge in [0, 0.05) is 11.8 Å². The minimum absolute atomic E-state index is 0.141. The molecule has 5 nitrogen and oxygen atoms in total. The predicted molar refractivity (Wildman–Crippen MR) is 65.1 cm³/mol. The van der Waals surface area contributed by atoms with Gasteiger partial charge in [-0.15, -0.1) is 0 Å². The van der Waals surface area contributed by atoms with Crippen molar-refractivity contribution in [3.8, 4) is 0 Å². The molecule has 3 rings (SSSR count). The van der Waals surface area contributed by atoms with Crippen LogP contribution in [0.15, 0.2) is 39.5 Å². The quantitative estimate of drug-likeness (QED) is 0.710. The molecule has 5 heteroatoms. The van der Waals surface area contributed by atoms with Gasteiger partial charge in [-0.05, 0) is 31.2 Å². The first kappa shape index (κ1) is 10.6. The van der Waals surface area contributed by atoms with Crippen LogP contribution in [0.25, 0.3) is 16.6 Å². The van der Waals surface area contributed by atoms with Crippen LogP contribution in [-0.4, -0.2) is 15.5 Å². The number of aromatic nitrogens is 1. The van der Waals surface area contributed by atoms with Gasteiger partial charge in [0.05, 0.1) is 16.5 Å². The van der Waals surface area contributed by atoms with E-state index in [1.807, 2.05) is 13.0 Å². The lowest BCUT2D eigenvalue weighted by Crippen LogP contribution is -2.06. The van der Waals surface area contributed by atoms with Crippen LogP contribution < -0.4 is 5.63 Å². The van der Waals surface area contributed by atoms with Crippen molar-refractivity contribution in [3.63, 3.8) is 0 Å². The molecule has 0 spiro atoms. The van der Waals surface area contributed by atoms with E-state index < -0.39 is 11.6 Å². The molecule has 18 heavy (non-hydrogen) atoms. The zero-order valence-electron chi connectivity index (χ0n) is 9.51. The summed E-state index contributed by atoms with van der Waals surface area (Å²) in [6.45, 7) is 1.86. The summed E-state index contributed by atoms with van der Waals surface area (Å²) in [6, 6.07) is 7.85. The van der Waals surface area contributed by atoms with Crippen molar-refractivity contribution in [1.29, 1.82) is 0 Å². The van der Waals surface area contributed by atoms with E-state index in [4.69, 9.17) is 9.52 Å². The minimum Gasteiger partial charge on any atom is -0.478 e. The molecule has 0 aliphatic rings. The summed E-state index contributed by atoms with van der Waals surface area (Å²) < 4.78 is 6.88. The molecule has 0 fully saturated rings. The van der Waals surface area contributed by atoms with E-state index in [9.17, 15) is 9.59 Å². The molecule has 0 saturated carbocycles. The zero-order chi connectivity index (χ0) is 12.9. The first-order valence-corrected chi connectivity index (χ1v) is 5.36. The Labute approximate surface area is 101 Å². The maximum atomic E-state index is 11.8. The average molecular weight is 243 g/mol. The topological polar surface area (TPSA) is 71.9 Å². The molecular weight excluding hydrogens is 234 g/mol. The third-order valence-electron chi connectivity index (χ3n) is 2.94. The lowest BCUT2D eigenvalue weighted by atomic mass is 10.1. The summed E-state index contributed by atoms with van der Waals surface area (Å²) >= 11 is 0. The van der Waals surface area contributed by atoms with Crippen LogP contribution in [0.5, 0.6) is 0 Å².